The lowest BCUT2D eigenvalue weighted by Crippen LogP contribution is -2.56. The minimum absolute atomic E-state index is 0.00573. The first-order valence-corrected chi connectivity index (χ1v) is 30.7. The Labute approximate surface area is 452 Å². The largest absolute Gasteiger partial charge is 0.697 e. The van der Waals surface area contributed by atoms with Gasteiger partial charge in [-0.1, -0.05) is 4.98 Å². The molecule has 7 unspecified atom stereocenters. The summed E-state index contributed by atoms with van der Waals surface area (Å²) in [5, 5.41) is 24.7. The van der Waals surface area contributed by atoms with Crippen LogP contribution in [0.1, 0.15) is 18.7 Å². The fraction of sp³-hybridized carbons (Fsp3) is 0.583. The van der Waals surface area contributed by atoms with Crippen LogP contribution in [0.4, 0.5) is 17.7 Å². The van der Waals surface area contributed by atoms with Gasteiger partial charge in [-0.15, -0.1) is 9.05 Å². The number of H-pyrrole nitrogens is 2. The van der Waals surface area contributed by atoms with Gasteiger partial charge in [-0.2, -0.15) is 17.9 Å². The number of anilines is 3. The van der Waals surface area contributed by atoms with Crippen molar-refractivity contribution in [3.63, 3.8) is 0 Å². The molecule has 0 saturated carbocycles. The molecule has 45 heteroatoms. The van der Waals surface area contributed by atoms with Crippen molar-refractivity contribution in [2.75, 3.05) is 70.7 Å². The van der Waals surface area contributed by atoms with Crippen LogP contribution in [0.3, 0.4) is 0 Å². The summed E-state index contributed by atoms with van der Waals surface area (Å²) in [7, 11) is -20.2. The molecular weight excluding hydrogens is 1200 g/mol. The maximum atomic E-state index is 13.6. The van der Waals surface area contributed by atoms with Crippen LogP contribution in [0.25, 0.3) is 33.5 Å². The number of ether oxygens (including phenoxy) is 5. The molecule has 10 heterocycles. The number of aryl methyl sites for hydroxylation is 1. The Bertz CT molecular complexity index is 3830. The van der Waals surface area contributed by atoms with Gasteiger partial charge in [0, 0.05) is 32.4 Å². The molecule has 4 saturated heterocycles. The second-order valence-electron chi connectivity index (χ2n) is 18.4. The predicted octanol–water partition coefficient (Wildman–Crippen LogP) is -3.39. The highest BCUT2D eigenvalue weighted by atomic mass is 32.2. The summed E-state index contributed by atoms with van der Waals surface area (Å²) < 4.78 is 146. The number of nitrogen functional groups attached to an aromatic ring is 2. The maximum absolute atomic E-state index is 13.6. The SMILES string of the molecule is CNc1ncnc2c1ncn2[C@@H]1O[C@H](COP(=O)(O)OP(=O)(O)OP(=O)(O)OC[C@]23CN(S(C)(=O)=O)[C@@H](C2OC)[C@H]([n+]2cn(C)c4c(=O)[nH]c(N)nc42)O3)C(O[P+](=O)OC[C@H]2O[C@@H](n3cnc4c(=O)[nH]c(N)nc43)[C@@H](O)C2O)[C@@H]1OC. The van der Waals surface area contributed by atoms with E-state index in [1.54, 1.807) is 7.05 Å². The lowest BCUT2D eigenvalue weighted by atomic mass is 10.0. The number of hydrogen-bond acceptors (Lipinski definition) is 30. The minimum atomic E-state index is -6.23. The Balaban J connectivity index is 0.827. The third-order valence-corrected chi connectivity index (χ3v) is 19.5. The Morgan fingerprint density at radius 3 is 2.20 bits per heavy atom. The molecule has 6 aromatic heterocycles. The number of morpholine rings is 1. The van der Waals surface area contributed by atoms with Crippen LogP contribution in [0, 0.1) is 0 Å². The van der Waals surface area contributed by atoms with Gasteiger partial charge < -0.3 is 65.4 Å². The smallest absolute Gasteiger partial charge is 0.387 e. The first-order valence-electron chi connectivity index (χ1n) is 23.3. The van der Waals surface area contributed by atoms with Crippen LogP contribution >= 0.6 is 31.7 Å². The first kappa shape index (κ1) is 58.9. The van der Waals surface area contributed by atoms with Crippen molar-refractivity contribution in [2.24, 2.45) is 7.05 Å². The minimum Gasteiger partial charge on any atom is -0.387 e. The molecule has 0 radical (unpaired) electrons. The van der Waals surface area contributed by atoms with E-state index in [9.17, 15) is 61.2 Å². The second-order valence-corrected chi connectivity index (χ2v) is 25.9. The van der Waals surface area contributed by atoms with Crippen LogP contribution in [-0.2, 0) is 85.7 Å². The van der Waals surface area contributed by atoms with Gasteiger partial charge in [0.05, 0.1) is 39.2 Å². The molecule has 10 rings (SSSR count). The summed E-state index contributed by atoms with van der Waals surface area (Å²) in [5.74, 6) is -0.304. The molecule has 0 aromatic carbocycles. The number of methoxy groups -OCH3 is 2. The topological polar surface area (TPSA) is 534 Å². The zero-order valence-electron chi connectivity index (χ0n) is 42.3. The number of hydrogen-bond donors (Lipinski definition) is 10. The van der Waals surface area contributed by atoms with Crippen molar-refractivity contribution in [3.05, 3.63) is 46.0 Å². The number of aromatic amines is 2. The van der Waals surface area contributed by atoms with Gasteiger partial charge in [-0.25, -0.2) is 46.6 Å². The van der Waals surface area contributed by atoms with Gasteiger partial charge in [0.2, 0.25) is 27.7 Å². The van der Waals surface area contributed by atoms with E-state index < -0.39 is 152 Å². The third-order valence-electron chi connectivity index (χ3n) is 13.3. The molecule has 442 valence electrons. The van der Waals surface area contributed by atoms with Crippen LogP contribution < -0.4 is 32.5 Å². The number of rotatable bonds is 22. The highest BCUT2D eigenvalue weighted by Gasteiger charge is 2.69. The second kappa shape index (κ2) is 21.7. The molecule has 2 bridgehead atoms. The average molecular weight is 1250 g/mol. The van der Waals surface area contributed by atoms with Crippen LogP contribution in [0.5, 0.6) is 0 Å². The monoisotopic (exact) mass is 1250 g/mol. The zero-order chi connectivity index (χ0) is 58.5. The van der Waals surface area contributed by atoms with Gasteiger partial charge in [-0.3, -0.25) is 42.3 Å². The van der Waals surface area contributed by atoms with Crippen molar-refractivity contribution >= 4 is 93.0 Å². The van der Waals surface area contributed by atoms with Crippen LogP contribution in [0.2, 0.25) is 0 Å². The number of phosphoric acid groups is 3. The number of aliphatic hydroxyl groups is 2. The molecule has 16 atom stereocenters. The molecule has 0 aliphatic carbocycles. The number of nitrogens with one attached hydrogen (secondary N) is 3. The Kier molecular flexibility index (Phi) is 15.8. The molecule has 0 spiro atoms. The standard InChI is InChI=1S/C36H48N16O24P4S/c1-39-25-16-26(41-10-40-25)49(11-42-16)33-23(66-3)22(74-77(57)68-6-14-20(53)21(54)32(71-14)50-12-43-17-27(50)44-34(37)46-29(17)55)15(72-33)7-69-78(58,59)75-80(62,63)76-79(60,61)70-9-36-8-52(81(5,64)65)18(24(36)67-4)31(73-36)51-13-48(2)19-28(51)45-35(38)47-30(19)56/h10-15,18,20-24,31-33,53-54H,6-9H2,1-5H3,(H8-2,37,38,39,40,41,44,45,46,47,55,56,58,59,60,61,62,63)/p+2/t14-,15-,18+,20?,21+,22?,23+,24?,31-,32-,33-,36-/m1/s1. The van der Waals surface area contributed by atoms with Crippen LogP contribution in [-0.4, -0.2) is 199 Å². The number of imidazole rings is 3. The molecular formula is C36H50N16O24P4S+2. The molecule has 40 nitrogen and oxygen atoms in total. The summed E-state index contributed by atoms with van der Waals surface area (Å²) in [6.45, 7) is -3.60. The summed E-state index contributed by atoms with van der Waals surface area (Å²) >= 11 is 0. The van der Waals surface area contributed by atoms with Gasteiger partial charge >= 0.3 is 37.4 Å². The number of phosphoric ester groups is 2. The molecule has 0 amide bonds. The Morgan fingerprint density at radius 2 is 1.52 bits per heavy atom. The number of aliphatic hydroxyl groups excluding tert-OH is 2. The Morgan fingerprint density at radius 1 is 0.864 bits per heavy atom. The zero-order valence-corrected chi connectivity index (χ0v) is 46.6. The summed E-state index contributed by atoms with van der Waals surface area (Å²) in [4.78, 5) is 86.8. The van der Waals surface area contributed by atoms with E-state index in [1.165, 1.54) is 54.0 Å². The first-order chi connectivity index (χ1) is 38.1. The van der Waals surface area contributed by atoms with Gasteiger partial charge in [0.1, 0.15) is 66.7 Å². The number of sulfonamides is 1. The molecule has 12 N–H and O–H groups in total. The Hall–Kier alpha value is -5.29. The van der Waals surface area contributed by atoms with E-state index in [0.717, 1.165) is 21.5 Å². The lowest BCUT2D eigenvalue weighted by molar-refractivity contribution is -0.747. The fourth-order valence-electron chi connectivity index (χ4n) is 10.00. The molecule has 81 heavy (non-hydrogen) atoms. The van der Waals surface area contributed by atoms with E-state index >= 15 is 0 Å². The highest BCUT2D eigenvalue weighted by Crippen LogP contribution is 2.68. The number of fused-ring (bicyclic) bond motifs is 5. The lowest BCUT2D eigenvalue weighted by Gasteiger charge is -2.34. The normalized spacial score (nSPS) is 30.3. The van der Waals surface area contributed by atoms with Crippen molar-refractivity contribution in [2.45, 2.75) is 73.1 Å². The van der Waals surface area contributed by atoms with E-state index in [2.05, 4.69) is 53.8 Å². The van der Waals surface area contributed by atoms with E-state index in [0.29, 0.717) is 0 Å². The average Bonchev–Trinajstić information content (AvgIpc) is 2.07. The summed E-state index contributed by atoms with van der Waals surface area (Å²) in [6.07, 6.45) is -9.21. The summed E-state index contributed by atoms with van der Waals surface area (Å²) in [6, 6.07) is -1.26. The molecule has 4 fully saturated rings. The van der Waals surface area contributed by atoms with Crippen molar-refractivity contribution < 1.29 is 107 Å². The van der Waals surface area contributed by atoms with E-state index in [4.69, 9.17) is 53.2 Å². The number of nitrogens with zero attached hydrogens (tertiary/aromatic N) is 11. The van der Waals surface area contributed by atoms with Gasteiger partial charge in [-0.05, 0) is 0 Å². The van der Waals surface area contributed by atoms with E-state index in [1.807, 2.05) is 0 Å². The third kappa shape index (κ3) is 11.1. The quantitative estimate of drug-likeness (QED) is 0.0234. The fourth-order valence-corrected chi connectivity index (χ4v) is 15.5. The van der Waals surface area contributed by atoms with Crippen molar-refractivity contribution in [1.82, 2.24) is 57.9 Å². The van der Waals surface area contributed by atoms with Gasteiger partial charge in [0.15, 0.2) is 47.5 Å². The van der Waals surface area contributed by atoms with Crippen LogP contribution in [0.15, 0.2) is 34.9 Å². The van der Waals surface area contributed by atoms with Gasteiger partial charge in [0.25, 0.3) is 17.1 Å². The summed E-state index contributed by atoms with van der Waals surface area (Å²) in [5.41, 5.74) is 8.17. The maximum Gasteiger partial charge on any atom is 0.697 e. The molecule has 4 aliphatic heterocycles. The number of nitrogens with two attached hydrogens (primary N) is 2. The molecule has 4 aliphatic rings. The van der Waals surface area contributed by atoms with Crippen molar-refractivity contribution in [3.8, 4) is 0 Å². The number of aromatic nitrogens is 12. The predicted molar refractivity (Wildman–Crippen MR) is 265 cm³/mol. The van der Waals surface area contributed by atoms with E-state index in [-0.39, 0.29) is 51.2 Å². The molecule has 6 aromatic rings. The highest BCUT2D eigenvalue weighted by molar-refractivity contribution is 7.88. The van der Waals surface area contributed by atoms with Crippen molar-refractivity contribution in [1.29, 1.82) is 0 Å².